The summed E-state index contributed by atoms with van der Waals surface area (Å²) in [6, 6.07) is 11.0. The zero-order valence-electron chi connectivity index (χ0n) is 23.2. The van der Waals surface area contributed by atoms with Gasteiger partial charge in [-0.3, -0.25) is 4.79 Å². The fourth-order valence-corrected chi connectivity index (χ4v) is 6.26. The molecule has 2 aromatic carbocycles. The number of fused-ring (bicyclic) bond motifs is 1. The van der Waals surface area contributed by atoms with E-state index in [1.807, 2.05) is 19.9 Å². The number of hydrogen-bond acceptors (Lipinski definition) is 3. The predicted molar refractivity (Wildman–Crippen MR) is 161 cm³/mol. The molecule has 216 valence electrons. The number of rotatable bonds is 6. The van der Waals surface area contributed by atoms with Gasteiger partial charge in [0.15, 0.2) is 5.69 Å². The fraction of sp³-hybridized carbons (Fsp3) is 0.387. The predicted octanol–water partition coefficient (Wildman–Crippen LogP) is 7.10. The lowest BCUT2D eigenvalue weighted by molar-refractivity contribution is 0.0911. The van der Waals surface area contributed by atoms with E-state index in [1.165, 1.54) is 31.4 Å². The van der Waals surface area contributed by atoms with Crippen LogP contribution in [-0.4, -0.2) is 45.8 Å². The molecular weight excluding hydrogens is 564 g/mol. The Hall–Kier alpha value is -3.36. The molecule has 3 aromatic rings. The number of benzene rings is 2. The SMILES string of the molecule is CCNC(=O)N1CC(=Cc2ccc(F)cc2)c2c(c(C(=O)N[C@H](C)C3CCCCC3)nn2-c2ccc(Cl)cc2Cl)C1. The summed E-state index contributed by atoms with van der Waals surface area (Å²) in [7, 11) is 0. The Balaban J connectivity index is 1.64. The quantitative estimate of drug-likeness (QED) is 0.318. The van der Waals surface area contributed by atoms with Crippen LogP contribution < -0.4 is 10.6 Å². The Morgan fingerprint density at radius 3 is 2.51 bits per heavy atom. The highest BCUT2D eigenvalue weighted by atomic mass is 35.5. The summed E-state index contributed by atoms with van der Waals surface area (Å²) < 4.78 is 15.3. The number of carbonyl (C=O) groups excluding carboxylic acids is 2. The van der Waals surface area contributed by atoms with Crippen LogP contribution in [0.1, 0.15) is 73.3 Å². The second-order valence-corrected chi connectivity index (χ2v) is 11.6. The number of urea groups is 1. The maximum atomic E-state index is 13.8. The van der Waals surface area contributed by atoms with Crippen LogP contribution in [0.3, 0.4) is 0 Å². The smallest absolute Gasteiger partial charge is 0.317 e. The Morgan fingerprint density at radius 2 is 1.83 bits per heavy atom. The molecule has 0 bridgehead atoms. The van der Waals surface area contributed by atoms with Crippen LogP contribution in [0.25, 0.3) is 17.3 Å². The summed E-state index contributed by atoms with van der Waals surface area (Å²) in [6.45, 7) is 4.81. The molecule has 0 spiro atoms. The first kappa shape index (κ1) is 29.1. The third kappa shape index (κ3) is 6.44. The van der Waals surface area contributed by atoms with Gasteiger partial charge in [0.25, 0.3) is 5.91 Å². The van der Waals surface area contributed by atoms with E-state index in [0.29, 0.717) is 39.5 Å². The molecule has 0 saturated heterocycles. The number of carbonyl (C=O) groups is 2. The van der Waals surface area contributed by atoms with Gasteiger partial charge in [-0.25, -0.2) is 13.9 Å². The molecule has 5 rings (SSSR count). The monoisotopic (exact) mass is 597 g/mol. The van der Waals surface area contributed by atoms with Crippen LogP contribution in [0.5, 0.6) is 0 Å². The van der Waals surface area contributed by atoms with E-state index in [9.17, 15) is 14.0 Å². The molecule has 0 radical (unpaired) electrons. The number of hydrogen-bond donors (Lipinski definition) is 2. The van der Waals surface area contributed by atoms with Crippen LogP contribution in [0.2, 0.25) is 10.0 Å². The number of amides is 3. The first-order valence-electron chi connectivity index (χ1n) is 14.1. The topological polar surface area (TPSA) is 79.3 Å². The van der Waals surface area contributed by atoms with E-state index in [2.05, 4.69) is 10.6 Å². The van der Waals surface area contributed by atoms with Crippen molar-refractivity contribution in [2.45, 2.75) is 58.5 Å². The molecule has 7 nitrogen and oxygen atoms in total. The number of nitrogens with one attached hydrogen (secondary N) is 2. The van der Waals surface area contributed by atoms with Crippen LogP contribution >= 0.6 is 23.2 Å². The van der Waals surface area contributed by atoms with Gasteiger partial charge in [-0.2, -0.15) is 5.10 Å². The maximum Gasteiger partial charge on any atom is 0.317 e. The van der Waals surface area contributed by atoms with Crippen molar-refractivity contribution >= 4 is 46.8 Å². The van der Waals surface area contributed by atoms with Crippen molar-refractivity contribution in [2.75, 3.05) is 13.1 Å². The summed E-state index contributed by atoms with van der Waals surface area (Å²) >= 11 is 12.8. The van der Waals surface area contributed by atoms with Crippen molar-refractivity contribution in [1.82, 2.24) is 25.3 Å². The molecule has 1 aliphatic carbocycles. The third-order valence-corrected chi connectivity index (χ3v) is 8.43. The fourth-order valence-electron chi connectivity index (χ4n) is 5.78. The minimum Gasteiger partial charge on any atom is -0.348 e. The molecule has 1 aliphatic heterocycles. The summed E-state index contributed by atoms with van der Waals surface area (Å²) in [4.78, 5) is 28.5. The average Bonchev–Trinajstić information content (AvgIpc) is 3.34. The van der Waals surface area contributed by atoms with E-state index in [0.717, 1.165) is 24.0 Å². The van der Waals surface area contributed by atoms with Crippen LogP contribution in [-0.2, 0) is 6.54 Å². The minimum absolute atomic E-state index is 0.0139. The summed E-state index contributed by atoms with van der Waals surface area (Å²) in [5, 5.41) is 11.7. The normalized spacial score (nSPS) is 17.3. The van der Waals surface area contributed by atoms with E-state index < -0.39 is 0 Å². The second kappa shape index (κ2) is 12.7. The minimum atomic E-state index is -0.343. The number of nitrogens with zero attached hydrogens (tertiary/aromatic N) is 3. The Labute approximate surface area is 249 Å². The lowest BCUT2D eigenvalue weighted by Crippen LogP contribution is -2.43. The molecule has 41 heavy (non-hydrogen) atoms. The van der Waals surface area contributed by atoms with Gasteiger partial charge in [0.2, 0.25) is 0 Å². The van der Waals surface area contributed by atoms with Gasteiger partial charge in [0.1, 0.15) is 5.82 Å². The van der Waals surface area contributed by atoms with Gasteiger partial charge < -0.3 is 15.5 Å². The molecule has 3 amide bonds. The highest BCUT2D eigenvalue weighted by molar-refractivity contribution is 6.35. The first-order chi connectivity index (χ1) is 19.7. The molecule has 2 heterocycles. The van der Waals surface area contributed by atoms with Gasteiger partial charge in [0.05, 0.1) is 22.9 Å². The maximum absolute atomic E-state index is 13.8. The Morgan fingerprint density at radius 1 is 1.10 bits per heavy atom. The summed E-state index contributed by atoms with van der Waals surface area (Å²) in [5.74, 6) is -0.219. The second-order valence-electron chi connectivity index (χ2n) is 10.8. The molecule has 10 heteroatoms. The van der Waals surface area contributed by atoms with Crippen molar-refractivity contribution in [2.24, 2.45) is 5.92 Å². The van der Waals surface area contributed by atoms with Crippen molar-refractivity contribution in [3.63, 3.8) is 0 Å². The van der Waals surface area contributed by atoms with Gasteiger partial charge in [-0.05, 0) is 80.2 Å². The third-order valence-electron chi connectivity index (χ3n) is 7.89. The van der Waals surface area contributed by atoms with E-state index in [1.54, 1.807) is 39.9 Å². The first-order valence-corrected chi connectivity index (χ1v) is 14.9. The van der Waals surface area contributed by atoms with Crippen molar-refractivity contribution in [3.8, 4) is 5.69 Å². The zero-order valence-corrected chi connectivity index (χ0v) is 24.7. The van der Waals surface area contributed by atoms with Crippen LogP contribution in [0.4, 0.5) is 9.18 Å². The van der Waals surface area contributed by atoms with E-state index in [4.69, 9.17) is 28.3 Å². The number of halogens is 3. The summed E-state index contributed by atoms with van der Waals surface area (Å²) in [6.07, 6.45) is 7.63. The van der Waals surface area contributed by atoms with Crippen LogP contribution in [0, 0.1) is 11.7 Å². The molecule has 1 atom stereocenters. The molecule has 2 N–H and O–H groups in total. The van der Waals surface area contributed by atoms with E-state index >= 15 is 0 Å². The lowest BCUT2D eigenvalue weighted by Gasteiger charge is -2.30. The average molecular weight is 599 g/mol. The van der Waals surface area contributed by atoms with Gasteiger partial charge in [-0.1, -0.05) is 54.6 Å². The van der Waals surface area contributed by atoms with Crippen molar-refractivity contribution in [3.05, 3.63) is 80.8 Å². The van der Waals surface area contributed by atoms with Crippen molar-refractivity contribution < 1.29 is 14.0 Å². The standard InChI is InChI=1S/C31H34Cl2FN5O2/c1-3-35-31(41)38-17-22(15-20-9-12-24(34)13-10-20)29-25(18-38)28(30(40)36-19(2)21-7-5-4-6-8-21)37-39(29)27-14-11-23(32)16-26(27)33/h9-16,19,21H,3-8,17-18H2,1-2H3,(H,35,41)(H,36,40)/t19-/m1/s1. The van der Waals surface area contributed by atoms with Gasteiger partial charge in [-0.15, -0.1) is 0 Å². The number of aromatic nitrogens is 2. The van der Waals surface area contributed by atoms with Crippen molar-refractivity contribution in [1.29, 1.82) is 0 Å². The van der Waals surface area contributed by atoms with Crippen LogP contribution in [0.15, 0.2) is 42.5 Å². The molecule has 0 unspecified atom stereocenters. The highest BCUT2D eigenvalue weighted by Crippen LogP contribution is 2.36. The molecule has 1 fully saturated rings. The largest absolute Gasteiger partial charge is 0.348 e. The van der Waals surface area contributed by atoms with Gasteiger partial charge >= 0.3 is 6.03 Å². The molecule has 1 saturated carbocycles. The highest BCUT2D eigenvalue weighted by Gasteiger charge is 2.34. The molecule has 2 aliphatic rings. The lowest BCUT2D eigenvalue weighted by atomic mass is 9.84. The Kier molecular flexibility index (Phi) is 9.00. The Bertz CT molecular complexity index is 1460. The molecule has 1 aromatic heterocycles. The summed E-state index contributed by atoms with van der Waals surface area (Å²) in [5.41, 5.74) is 3.58. The van der Waals surface area contributed by atoms with E-state index in [-0.39, 0.29) is 42.6 Å². The van der Waals surface area contributed by atoms with Gasteiger partial charge in [0, 0.05) is 29.7 Å². The zero-order chi connectivity index (χ0) is 29.1. The molecular formula is C31H34Cl2FN5O2.